The third kappa shape index (κ3) is 4.77. The predicted molar refractivity (Wildman–Crippen MR) is 111 cm³/mol. The molecule has 0 spiro atoms. The van der Waals surface area contributed by atoms with Crippen LogP contribution in [0.5, 0.6) is 11.5 Å². The van der Waals surface area contributed by atoms with Crippen LogP contribution in [0.2, 0.25) is 0 Å². The number of hydrogen-bond acceptors (Lipinski definition) is 5. The minimum absolute atomic E-state index is 0.164. The average molecular weight is 443 g/mol. The molecular weight excluding hydrogens is 424 g/mol. The number of hydrogen-bond donors (Lipinski definition) is 1. The first kappa shape index (κ1) is 19.6. The molecule has 0 bridgehead atoms. The van der Waals surface area contributed by atoms with Gasteiger partial charge in [-0.05, 0) is 42.8 Å². The molecule has 0 saturated carbocycles. The van der Waals surface area contributed by atoms with Gasteiger partial charge in [0.15, 0.2) is 18.1 Å². The van der Waals surface area contributed by atoms with Crippen molar-refractivity contribution in [3.05, 3.63) is 65.2 Å². The van der Waals surface area contributed by atoms with Gasteiger partial charge in [-0.2, -0.15) is 5.10 Å². The summed E-state index contributed by atoms with van der Waals surface area (Å²) in [5.74, 6) is 0.754. The molecule has 8 heteroatoms. The van der Waals surface area contributed by atoms with E-state index in [9.17, 15) is 4.79 Å². The molecule has 3 rings (SSSR count). The Bertz CT molecular complexity index is 987. The number of nitrogens with one attached hydrogen (secondary N) is 1. The molecule has 144 valence electrons. The molecule has 0 radical (unpaired) electrons. The van der Waals surface area contributed by atoms with Gasteiger partial charge in [0, 0.05) is 4.47 Å². The molecule has 0 aliphatic heterocycles. The highest BCUT2D eigenvalue weighted by Crippen LogP contribution is 2.29. The van der Waals surface area contributed by atoms with Crippen LogP contribution in [0.1, 0.15) is 12.5 Å². The van der Waals surface area contributed by atoms with Crippen molar-refractivity contribution in [3.63, 3.8) is 0 Å². The zero-order valence-electron chi connectivity index (χ0n) is 15.4. The van der Waals surface area contributed by atoms with E-state index in [2.05, 4.69) is 31.3 Å². The lowest BCUT2D eigenvalue weighted by Gasteiger charge is -2.13. The Labute approximate surface area is 171 Å². The molecule has 1 amide bonds. The second kappa shape index (κ2) is 9.18. The number of amides is 1. The number of aromatic nitrogens is 3. The Morgan fingerprint density at radius 2 is 2.11 bits per heavy atom. The van der Waals surface area contributed by atoms with Crippen LogP contribution in [0.15, 0.2) is 59.6 Å². The minimum Gasteiger partial charge on any atom is -0.493 e. The van der Waals surface area contributed by atoms with Crippen LogP contribution < -0.4 is 14.8 Å². The lowest BCUT2D eigenvalue weighted by Crippen LogP contribution is -2.21. The van der Waals surface area contributed by atoms with Crippen LogP contribution in [0.25, 0.3) is 11.8 Å². The van der Waals surface area contributed by atoms with Gasteiger partial charge >= 0.3 is 0 Å². The topological polar surface area (TPSA) is 78.3 Å². The van der Waals surface area contributed by atoms with E-state index in [4.69, 9.17) is 9.47 Å². The van der Waals surface area contributed by atoms with Crippen LogP contribution >= 0.6 is 15.9 Å². The number of methoxy groups -OCH3 is 1. The van der Waals surface area contributed by atoms with Crippen molar-refractivity contribution >= 4 is 33.6 Å². The van der Waals surface area contributed by atoms with Crippen molar-refractivity contribution in [2.75, 3.05) is 19.0 Å². The first-order valence-corrected chi connectivity index (χ1v) is 9.28. The standard InChI is InChI=1S/C20H19BrN4O3/c1-3-4-14-5-8-18(19(9-14)27-2)28-11-20(26)24-16-10-15(21)6-7-17(16)25-13-22-12-23-25/h3-10,12-13H,11H2,1-2H3,(H,24,26)/b4-3+. The van der Waals surface area contributed by atoms with Crippen molar-refractivity contribution in [2.24, 2.45) is 0 Å². The second-order valence-corrected chi connectivity index (χ2v) is 6.66. The van der Waals surface area contributed by atoms with E-state index < -0.39 is 0 Å². The number of allylic oxidation sites excluding steroid dienone is 1. The number of ether oxygens (including phenoxy) is 2. The third-order valence-corrected chi connectivity index (χ3v) is 4.30. The predicted octanol–water partition coefficient (Wildman–Crippen LogP) is 4.09. The number of nitrogens with zero attached hydrogens (tertiary/aromatic N) is 3. The van der Waals surface area contributed by atoms with Gasteiger partial charge in [0.2, 0.25) is 0 Å². The summed E-state index contributed by atoms with van der Waals surface area (Å²) in [6.07, 6.45) is 6.89. The summed E-state index contributed by atoms with van der Waals surface area (Å²) in [6.45, 7) is 1.78. The summed E-state index contributed by atoms with van der Waals surface area (Å²) in [4.78, 5) is 16.4. The highest BCUT2D eigenvalue weighted by Gasteiger charge is 2.12. The fraction of sp³-hybridized carbons (Fsp3) is 0.150. The second-order valence-electron chi connectivity index (χ2n) is 5.75. The highest BCUT2D eigenvalue weighted by molar-refractivity contribution is 9.10. The van der Waals surface area contributed by atoms with Gasteiger partial charge in [-0.3, -0.25) is 4.79 Å². The number of rotatable bonds is 7. The number of carbonyl (C=O) groups excluding carboxylic acids is 1. The van der Waals surface area contributed by atoms with Gasteiger partial charge in [0.1, 0.15) is 12.7 Å². The molecule has 1 heterocycles. The molecule has 7 nitrogen and oxygen atoms in total. The van der Waals surface area contributed by atoms with E-state index in [1.165, 1.54) is 6.33 Å². The smallest absolute Gasteiger partial charge is 0.262 e. The van der Waals surface area contributed by atoms with E-state index in [0.29, 0.717) is 22.9 Å². The van der Waals surface area contributed by atoms with Gasteiger partial charge < -0.3 is 14.8 Å². The van der Waals surface area contributed by atoms with Gasteiger partial charge in [-0.25, -0.2) is 9.67 Å². The number of anilines is 1. The Hall–Kier alpha value is -3.13. The van der Waals surface area contributed by atoms with Crippen LogP contribution in [-0.4, -0.2) is 34.4 Å². The summed E-state index contributed by atoms with van der Waals surface area (Å²) < 4.78 is 13.4. The molecule has 0 saturated heterocycles. The Morgan fingerprint density at radius 3 is 2.82 bits per heavy atom. The molecule has 1 N–H and O–H groups in total. The SMILES string of the molecule is C/C=C/c1ccc(OCC(=O)Nc2cc(Br)ccc2-n2cncn2)c(OC)c1. The molecule has 0 aliphatic carbocycles. The summed E-state index contributed by atoms with van der Waals surface area (Å²) in [7, 11) is 1.56. The molecule has 0 atom stereocenters. The van der Waals surface area contributed by atoms with Crippen molar-refractivity contribution in [3.8, 4) is 17.2 Å². The quantitative estimate of drug-likeness (QED) is 0.595. The van der Waals surface area contributed by atoms with Crippen molar-refractivity contribution < 1.29 is 14.3 Å². The number of benzene rings is 2. The Morgan fingerprint density at radius 1 is 1.25 bits per heavy atom. The molecule has 0 unspecified atom stereocenters. The molecular formula is C20H19BrN4O3. The van der Waals surface area contributed by atoms with E-state index in [1.54, 1.807) is 30.3 Å². The fourth-order valence-corrected chi connectivity index (χ4v) is 2.93. The van der Waals surface area contributed by atoms with Crippen LogP contribution in [0.4, 0.5) is 5.69 Å². The summed E-state index contributed by atoms with van der Waals surface area (Å²) in [6, 6.07) is 11.0. The normalized spacial score (nSPS) is 10.8. The molecule has 28 heavy (non-hydrogen) atoms. The number of carbonyl (C=O) groups is 1. The van der Waals surface area contributed by atoms with E-state index in [-0.39, 0.29) is 12.5 Å². The average Bonchev–Trinajstić information content (AvgIpc) is 3.21. The lowest BCUT2D eigenvalue weighted by molar-refractivity contribution is -0.118. The maximum absolute atomic E-state index is 12.4. The third-order valence-electron chi connectivity index (χ3n) is 3.80. The summed E-state index contributed by atoms with van der Waals surface area (Å²) in [5, 5.41) is 6.95. The molecule has 0 fully saturated rings. The maximum Gasteiger partial charge on any atom is 0.262 e. The highest BCUT2D eigenvalue weighted by atomic mass is 79.9. The molecule has 2 aromatic carbocycles. The van der Waals surface area contributed by atoms with Gasteiger partial charge in [-0.1, -0.05) is 34.1 Å². The first-order chi connectivity index (χ1) is 13.6. The first-order valence-electron chi connectivity index (χ1n) is 8.48. The molecule has 1 aromatic heterocycles. The largest absolute Gasteiger partial charge is 0.493 e. The summed E-state index contributed by atoms with van der Waals surface area (Å²) in [5.41, 5.74) is 2.27. The number of halogens is 1. The van der Waals surface area contributed by atoms with Crippen LogP contribution in [0.3, 0.4) is 0 Å². The van der Waals surface area contributed by atoms with Crippen LogP contribution in [0, 0.1) is 0 Å². The minimum atomic E-state index is -0.306. The van der Waals surface area contributed by atoms with Crippen molar-refractivity contribution in [2.45, 2.75) is 6.92 Å². The molecule has 0 aliphatic rings. The van der Waals surface area contributed by atoms with Gasteiger partial charge in [-0.15, -0.1) is 0 Å². The zero-order valence-corrected chi connectivity index (χ0v) is 17.0. The lowest BCUT2D eigenvalue weighted by atomic mass is 10.2. The zero-order chi connectivity index (χ0) is 19.9. The fourth-order valence-electron chi connectivity index (χ4n) is 2.57. The van der Waals surface area contributed by atoms with Crippen molar-refractivity contribution in [1.29, 1.82) is 0 Å². The van der Waals surface area contributed by atoms with Gasteiger partial charge in [0.25, 0.3) is 5.91 Å². The monoisotopic (exact) mass is 442 g/mol. The van der Waals surface area contributed by atoms with Crippen LogP contribution in [-0.2, 0) is 4.79 Å². The van der Waals surface area contributed by atoms with E-state index >= 15 is 0 Å². The van der Waals surface area contributed by atoms with Gasteiger partial charge in [0.05, 0.1) is 18.5 Å². The van der Waals surface area contributed by atoms with Crippen molar-refractivity contribution in [1.82, 2.24) is 14.8 Å². The Kier molecular flexibility index (Phi) is 6.44. The van der Waals surface area contributed by atoms with E-state index in [1.807, 2.05) is 43.3 Å². The molecule has 3 aromatic rings. The van der Waals surface area contributed by atoms with E-state index in [0.717, 1.165) is 10.0 Å². The Balaban J connectivity index is 1.71. The summed E-state index contributed by atoms with van der Waals surface area (Å²) >= 11 is 3.41. The maximum atomic E-state index is 12.4.